The average molecular weight is 260 g/mol. The molecule has 1 aromatic rings. The summed E-state index contributed by atoms with van der Waals surface area (Å²) in [5, 5.41) is 3.76. The van der Waals surface area contributed by atoms with Crippen LogP contribution in [-0.2, 0) is 6.54 Å². The average Bonchev–Trinajstić information content (AvgIpc) is 2.37. The standard InChI is InChI=1S/C17H28N2/c1-17(2)12-6-5-7-16(17)18-13-14-8-10-15(11-9-14)19(3)4/h8-11,16,18H,5-7,12-13H2,1-4H3. The highest BCUT2D eigenvalue weighted by Crippen LogP contribution is 2.35. The fraction of sp³-hybridized carbons (Fsp3) is 0.647. The van der Waals surface area contributed by atoms with Crippen LogP contribution in [0.2, 0.25) is 0 Å². The number of nitrogens with zero attached hydrogens (tertiary/aromatic N) is 1. The lowest BCUT2D eigenvalue weighted by atomic mass is 9.73. The Morgan fingerprint density at radius 1 is 1.16 bits per heavy atom. The lowest BCUT2D eigenvalue weighted by molar-refractivity contribution is 0.167. The maximum Gasteiger partial charge on any atom is 0.0361 e. The molecule has 106 valence electrons. The zero-order valence-corrected chi connectivity index (χ0v) is 12.9. The Morgan fingerprint density at radius 3 is 2.42 bits per heavy atom. The Bertz CT molecular complexity index is 392. The summed E-state index contributed by atoms with van der Waals surface area (Å²) in [6.45, 7) is 5.79. The minimum Gasteiger partial charge on any atom is -0.378 e. The third-order valence-electron chi connectivity index (χ3n) is 4.51. The SMILES string of the molecule is CN(C)c1ccc(CNC2CCCCC2(C)C)cc1. The molecule has 0 amide bonds. The van der Waals surface area contributed by atoms with Crippen LogP contribution in [-0.4, -0.2) is 20.1 Å². The number of rotatable bonds is 4. The van der Waals surface area contributed by atoms with E-state index in [1.807, 2.05) is 0 Å². The summed E-state index contributed by atoms with van der Waals surface area (Å²) in [5.74, 6) is 0. The van der Waals surface area contributed by atoms with E-state index in [9.17, 15) is 0 Å². The molecular formula is C17H28N2. The van der Waals surface area contributed by atoms with Gasteiger partial charge in [0, 0.05) is 32.4 Å². The van der Waals surface area contributed by atoms with Crippen LogP contribution in [0.1, 0.15) is 45.1 Å². The van der Waals surface area contributed by atoms with Gasteiger partial charge in [0.15, 0.2) is 0 Å². The zero-order valence-electron chi connectivity index (χ0n) is 12.9. The van der Waals surface area contributed by atoms with Crippen molar-refractivity contribution < 1.29 is 0 Å². The predicted octanol–water partition coefficient (Wildman–Crippen LogP) is 3.81. The molecule has 1 N–H and O–H groups in total. The highest BCUT2D eigenvalue weighted by Gasteiger charge is 2.31. The Kier molecular flexibility index (Phi) is 4.51. The molecule has 1 fully saturated rings. The van der Waals surface area contributed by atoms with E-state index in [-0.39, 0.29) is 0 Å². The maximum atomic E-state index is 3.76. The number of hydrogen-bond acceptors (Lipinski definition) is 2. The molecule has 2 nitrogen and oxygen atoms in total. The summed E-state index contributed by atoms with van der Waals surface area (Å²) in [6, 6.07) is 9.53. The monoisotopic (exact) mass is 260 g/mol. The summed E-state index contributed by atoms with van der Waals surface area (Å²) >= 11 is 0. The lowest BCUT2D eigenvalue weighted by Gasteiger charge is -2.39. The van der Waals surface area contributed by atoms with Crippen LogP contribution in [0.15, 0.2) is 24.3 Å². The summed E-state index contributed by atoms with van der Waals surface area (Å²) in [4.78, 5) is 2.14. The van der Waals surface area contributed by atoms with Crippen LogP contribution in [0.4, 0.5) is 5.69 Å². The molecule has 0 spiro atoms. The van der Waals surface area contributed by atoms with Crippen molar-refractivity contribution in [1.82, 2.24) is 5.32 Å². The van der Waals surface area contributed by atoms with E-state index >= 15 is 0 Å². The van der Waals surface area contributed by atoms with Gasteiger partial charge in [0.25, 0.3) is 0 Å². The van der Waals surface area contributed by atoms with E-state index in [2.05, 4.69) is 62.4 Å². The Labute approximate surface area is 118 Å². The van der Waals surface area contributed by atoms with Crippen molar-refractivity contribution >= 4 is 5.69 Å². The van der Waals surface area contributed by atoms with E-state index in [1.165, 1.54) is 36.9 Å². The molecule has 0 saturated heterocycles. The molecule has 1 aliphatic carbocycles. The molecule has 2 heteroatoms. The second-order valence-corrected chi connectivity index (χ2v) is 6.73. The molecule has 1 saturated carbocycles. The van der Waals surface area contributed by atoms with E-state index in [0.717, 1.165) is 6.54 Å². The van der Waals surface area contributed by atoms with Crippen molar-refractivity contribution in [3.63, 3.8) is 0 Å². The molecule has 1 aromatic carbocycles. The van der Waals surface area contributed by atoms with Crippen LogP contribution in [0.3, 0.4) is 0 Å². The van der Waals surface area contributed by atoms with Crippen LogP contribution in [0.25, 0.3) is 0 Å². The van der Waals surface area contributed by atoms with Crippen molar-refractivity contribution in [2.75, 3.05) is 19.0 Å². The molecule has 0 aliphatic heterocycles. The van der Waals surface area contributed by atoms with Gasteiger partial charge in [-0.2, -0.15) is 0 Å². The van der Waals surface area contributed by atoms with Crippen LogP contribution < -0.4 is 10.2 Å². The molecular weight excluding hydrogens is 232 g/mol. The molecule has 2 rings (SSSR count). The van der Waals surface area contributed by atoms with Gasteiger partial charge in [-0.3, -0.25) is 0 Å². The zero-order chi connectivity index (χ0) is 13.9. The van der Waals surface area contributed by atoms with Gasteiger partial charge in [-0.15, -0.1) is 0 Å². The number of hydrogen-bond donors (Lipinski definition) is 1. The highest BCUT2D eigenvalue weighted by molar-refractivity contribution is 5.45. The summed E-state index contributed by atoms with van der Waals surface area (Å²) < 4.78 is 0. The van der Waals surface area contributed by atoms with Gasteiger partial charge in [-0.05, 0) is 36.0 Å². The largest absolute Gasteiger partial charge is 0.378 e. The van der Waals surface area contributed by atoms with E-state index in [0.29, 0.717) is 11.5 Å². The quantitative estimate of drug-likeness (QED) is 0.885. The minimum atomic E-state index is 0.446. The van der Waals surface area contributed by atoms with E-state index < -0.39 is 0 Å². The second-order valence-electron chi connectivity index (χ2n) is 6.73. The van der Waals surface area contributed by atoms with Gasteiger partial charge in [-0.25, -0.2) is 0 Å². The van der Waals surface area contributed by atoms with Crippen molar-refractivity contribution in [3.8, 4) is 0 Å². The third kappa shape index (κ3) is 3.73. The Morgan fingerprint density at radius 2 is 1.84 bits per heavy atom. The summed E-state index contributed by atoms with van der Waals surface area (Å²) in [5.41, 5.74) is 3.09. The number of anilines is 1. The molecule has 0 bridgehead atoms. The Balaban J connectivity index is 1.91. The maximum absolute atomic E-state index is 3.76. The molecule has 1 aliphatic rings. The first-order valence-corrected chi connectivity index (χ1v) is 7.49. The number of benzene rings is 1. The van der Waals surface area contributed by atoms with Crippen LogP contribution in [0, 0.1) is 5.41 Å². The van der Waals surface area contributed by atoms with Gasteiger partial charge in [0.1, 0.15) is 0 Å². The molecule has 0 heterocycles. The lowest BCUT2D eigenvalue weighted by Crippen LogP contribution is -2.43. The van der Waals surface area contributed by atoms with Crippen molar-refractivity contribution in [3.05, 3.63) is 29.8 Å². The van der Waals surface area contributed by atoms with Crippen LogP contribution >= 0.6 is 0 Å². The first-order valence-electron chi connectivity index (χ1n) is 7.49. The van der Waals surface area contributed by atoms with Crippen LogP contribution in [0.5, 0.6) is 0 Å². The first-order chi connectivity index (χ1) is 8.99. The smallest absolute Gasteiger partial charge is 0.0361 e. The van der Waals surface area contributed by atoms with Gasteiger partial charge in [-0.1, -0.05) is 38.8 Å². The van der Waals surface area contributed by atoms with Crippen molar-refractivity contribution in [2.45, 2.75) is 52.1 Å². The number of nitrogens with one attached hydrogen (secondary N) is 1. The van der Waals surface area contributed by atoms with Crippen molar-refractivity contribution in [2.24, 2.45) is 5.41 Å². The van der Waals surface area contributed by atoms with E-state index in [1.54, 1.807) is 0 Å². The van der Waals surface area contributed by atoms with E-state index in [4.69, 9.17) is 0 Å². The van der Waals surface area contributed by atoms with Gasteiger partial charge in [0.05, 0.1) is 0 Å². The first kappa shape index (κ1) is 14.4. The summed E-state index contributed by atoms with van der Waals surface area (Å²) in [6.07, 6.45) is 5.44. The topological polar surface area (TPSA) is 15.3 Å². The van der Waals surface area contributed by atoms with Gasteiger partial charge < -0.3 is 10.2 Å². The molecule has 0 aromatic heterocycles. The van der Waals surface area contributed by atoms with Gasteiger partial charge in [0.2, 0.25) is 0 Å². The highest BCUT2D eigenvalue weighted by atomic mass is 15.1. The third-order valence-corrected chi connectivity index (χ3v) is 4.51. The fourth-order valence-electron chi connectivity index (χ4n) is 3.03. The molecule has 19 heavy (non-hydrogen) atoms. The molecule has 0 radical (unpaired) electrons. The second kappa shape index (κ2) is 5.96. The molecule has 1 atom stereocenters. The van der Waals surface area contributed by atoms with Crippen molar-refractivity contribution in [1.29, 1.82) is 0 Å². The summed E-state index contributed by atoms with van der Waals surface area (Å²) in [7, 11) is 4.16. The Hall–Kier alpha value is -1.02. The fourth-order valence-corrected chi connectivity index (χ4v) is 3.03. The normalized spacial score (nSPS) is 22.2. The minimum absolute atomic E-state index is 0.446. The van der Waals surface area contributed by atoms with Gasteiger partial charge >= 0.3 is 0 Å². The molecule has 1 unspecified atom stereocenters. The predicted molar refractivity (Wildman–Crippen MR) is 83.6 cm³/mol.